The Kier molecular flexibility index (Phi) is 36.2. The van der Waals surface area contributed by atoms with Crippen molar-refractivity contribution in [3.05, 3.63) is 36.4 Å². The maximum absolute atomic E-state index is 14.6. The predicted octanol–water partition coefficient (Wildman–Crippen LogP) is -7.85. The number of aromatic nitrogens is 4. The van der Waals surface area contributed by atoms with Crippen LogP contribution < -0.4 is 81.8 Å². The lowest BCUT2D eigenvalue weighted by Crippen LogP contribution is -2.61. The number of guanidine groups is 1. The molecule has 41 heteroatoms. The van der Waals surface area contributed by atoms with Gasteiger partial charge in [-0.1, -0.05) is 0 Å². The van der Waals surface area contributed by atoms with E-state index in [1.54, 1.807) is 6.26 Å². The fourth-order valence-electron chi connectivity index (χ4n) is 8.80. The number of carboxylic acid groups (broad SMARTS) is 4. The number of aliphatic carboxylic acids is 4. The number of carbonyl (C=O) groups is 16. The summed E-state index contributed by atoms with van der Waals surface area (Å²) in [4.78, 5) is 227. The molecule has 95 heavy (non-hydrogen) atoms. The van der Waals surface area contributed by atoms with Gasteiger partial charge >= 0.3 is 23.9 Å². The summed E-state index contributed by atoms with van der Waals surface area (Å²) >= 11 is 1.28. The number of nitrogens with one attached hydrogen (secondary N) is 12. The van der Waals surface area contributed by atoms with Crippen LogP contribution in [0.2, 0.25) is 0 Å². The number of H-pyrrole nitrogens is 2. The Labute approximate surface area is 546 Å². The summed E-state index contributed by atoms with van der Waals surface area (Å²) in [7, 11) is 0. The molecule has 2 rings (SSSR count). The van der Waals surface area contributed by atoms with Gasteiger partial charge in [-0.3, -0.25) is 81.7 Å². The quantitative estimate of drug-likeness (QED) is 0.0166. The zero-order valence-electron chi connectivity index (χ0n) is 52.0. The van der Waals surface area contributed by atoms with E-state index in [1.807, 2.05) is 0 Å². The summed E-state index contributed by atoms with van der Waals surface area (Å²) in [6.07, 6.45) is -0.217. The number of imidazole rings is 2. The molecule has 0 bridgehead atoms. The fraction of sp³-hybridized carbons (Fsp3) is 0.574. The van der Waals surface area contributed by atoms with Crippen molar-refractivity contribution in [2.24, 2.45) is 33.7 Å². The Morgan fingerprint density at radius 1 is 0.453 bits per heavy atom. The van der Waals surface area contributed by atoms with Crippen molar-refractivity contribution in [3.8, 4) is 0 Å². The van der Waals surface area contributed by atoms with Crippen molar-refractivity contribution in [2.45, 2.75) is 170 Å². The maximum atomic E-state index is 14.6. The van der Waals surface area contributed by atoms with E-state index in [-0.39, 0.29) is 68.3 Å². The zero-order chi connectivity index (χ0) is 71.3. The highest BCUT2D eigenvalue weighted by Gasteiger charge is 2.37. The van der Waals surface area contributed by atoms with Gasteiger partial charge in [0.1, 0.15) is 60.4 Å². The number of carboxylic acids is 4. The molecule has 10 atom stereocenters. The van der Waals surface area contributed by atoms with Crippen LogP contribution in [-0.4, -0.2) is 227 Å². The summed E-state index contributed by atoms with van der Waals surface area (Å²) in [5.74, 6) is -19.2. The van der Waals surface area contributed by atoms with E-state index in [4.69, 9.17) is 28.7 Å². The summed E-state index contributed by atoms with van der Waals surface area (Å²) in [6, 6.07) is -17.0. The Hall–Kier alpha value is -10.5. The monoisotopic (exact) mass is 1360 g/mol. The van der Waals surface area contributed by atoms with Gasteiger partial charge in [0.2, 0.25) is 70.9 Å². The lowest BCUT2D eigenvalue weighted by Gasteiger charge is -2.28. The summed E-state index contributed by atoms with van der Waals surface area (Å²) in [5.41, 5.74) is 27.9. The zero-order valence-corrected chi connectivity index (χ0v) is 52.8. The molecule has 0 fully saturated rings. The van der Waals surface area contributed by atoms with E-state index in [2.05, 4.69) is 78.1 Å². The minimum Gasteiger partial charge on any atom is -0.481 e. The van der Waals surface area contributed by atoms with Crippen molar-refractivity contribution >= 4 is 112 Å². The van der Waals surface area contributed by atoms with Crippen LogP contribution in [0.15, 0.2) is 30.0 Å². The summed E-state index contributed by atoms with van der Waals surface area (Å²) in [5, 5.41) is 61.5. The Morgan fingerprint density at radius 3 is 1.14 bits per heavy atom. The van der Waals surface area contributed by atoms with Crippen molar-refractivity contribution in [2.75, 3.05) is 25.1 Å². The van der Waals surface area contributed by atoms with E-state index < -0.39 is 219 Å². The predicted molar refractivity (Wildman–Crippen MR) is 331 cm³/mol. The van der Waals surface area contributed by atoms with E-state index in [1.165, 1.54) is 36.8 Å². The first kappa shape index (κ1) is 80.6. The number of carbonyl (C=O) groups excluding carboxylic acids is 12. The first-order chi connectivity index (χ1) is 44.8. The van der Waals surface area contributed by atoms with E-state index in [9.17, 15) is 97.1 Å². The minimum atomic E-state index is -1.91. The highest BCUT2D eigenvalue weighted by molar-refractivity contribution is 7.98. The lowest BCUT2D eigenvalue weighted by atomic mass is 10.0. The van der Waals surface area contributed by atoms with Gasteiger partial charge in [-0.15, -0.1) is 0 Å². The molecule has 0 radical (unpaired) electrons. The lowest BCUT2D eigenvalue weighted by molar-refractivity contribution is -0.141. The molecule has 2 aromatic rings. The molecular formula is C54H84N20O20S. The number of rotatable bonds is 48. The van der Waals surface area contributed by atoms with E-state index in [0.717, 1.165) is 6.92 Å². The molecule has 0 aliphatic rings. The van der Waals surface area contributed by atoms with Crippen LogP contribution >= 0.6 is 11.8 Å². The second kappa shape index (κ2) is 42.6. The molecule has 0 aliphatic carbocycles. The normalized spacial score (nSPS) is 14.0. The smallest absolute Gasteiger partial charge is 0.305 e. The number of hydrogen-bond acceptors (Lipinski definition) is 21. The van der Waals surface area contributed by atoms with Gasteiger partial charge in [-0.2, -0.15) is 11.8 Å². The van der Waals surface area contributed by atoms with Crippen molar-refractivity contribution < 1.29 is 97.1 Å². The van der Waals surface area contributed by atoms with Crippen LogP contribution in [-0.2, 0) is 89.6 Å². The van der Waals surface area contributed by atoms with Gasteiger partial charge in [0.25, 0.3) is 0 Å². The molecule has 0 aliphatic heterocycles. The highest BCUT2D eigenvalue weighted by Crippen LogP contribution is 2.12. The Balaban J connectivity index is 2.64. The average molecular weight is 1370 g/mol. The number of amides is 12. The number of nitrogens with zero attached hydrogens (tertiary/aromatic N) is 3. The van der Waals surface area contributed by atoms with Crippen LogP contribution in [0.3, 0.4) is 0 Å². The van der Waals surface area contributed by atoms with Crippen LogP contribution in [0.5, 0.6) is 0 Å². The first-order valence-electron chi connectivity index (χ1n) is 29.5. The second-order valence-corrected chi connectivity index (χ2v) is 22.3. The van der Waals surface area contributed by atoms with Gasteiger partial charge in [0.05, 0.1) is 25.5 Å². The molecule has 0 spiro atoms. The van der Waals surface area contributed by atoms with Crippen molar-refractivity contribution in [3.63, 3.8) is 0 Å². The van der Waals surface area contributed by atoms with Gasteiger partial charge in [-0.25, -0.2) is 9.97 Å². The Bertz CT molecular complexity index is 2990. The summed E-state index contributed by atoms with van der Waals surface area (Å²) in [6.45, 7) is 1.03. The van der Waals surface area contributed by atoms with Crippen LogP contribution in [0.1, 0.15) is 108 Å². The van der Waals surface area contributed by atoms with Crippen LogP contribution in [0.4, 0.5) is 0 Å². The number of aromatic amines is 2. The maximum Gasteiger partial charge on any atom is 0.305 e. The van der Waals surface area contributed by atoms with E-state index in [0.29, 0.717) is 6.42 Å². The van der Waals surface area contributed by atoms with Gasteiger partial charge in [-0.05, 0) is 76.3 Å². The Morgan fingerprint density at radius 2 is 0.800 bits per heavy atom. The number of aliphatic imine (C=N–C) groups is 1. The van der Waals surface area contributed by atoms with E-state index >= 15 is 0 Å². The molecule has 12 amide bonds. The van der Waals surface area contributed by atoms with Gasteiger partial charge in [0, 0.05) is 69.4 Å². The number of primary amides is 2. The van der Waals surface area contributed by atoms with Crippen molar-refractivity contribution in [1.29, 1.82) is 0 Å². The molecule has 2 heterocycles. The van der Waals surface area contributed by atoms with Crippen LogP contribution in [0, 0.1) is 0 Å². The molecule has 526 valence electrons. The fourth-order valence-corrected chi connectivity index (χ4v) is 9.27. The third-order valence-electron chi connectivity index (χ3n) is 13.6. The molecule has 0 aromatic carbocycles. The van der Waals surface area contributed by atoms with Gasteiger partial charge in [0.15, 0.2) is 5.96 Å². The third-order valence-corrected chi connectivity index (χ3v) is 14.3. The minimum absolute atomic E-state index is 0.0115. The molecule has 0 saturated carbocycles. The molecular weight excluding hydrogens is 1280 g/mol. The standard InChI is InChI=1S/C54H84N20O20S/c1-26(75)65-38(21-43(83)84)53(94)70-33(10-13-41(79)80)49(90)74-37(19-28-23-61-25-64-28)52(93)69-31(8-11-39(56)76)47(88)68-32(9-12-40(77)78)48(89)73-36(18-27-22-60-24-63-27)51(92)67-30(7-5-16-62-54(58)59)46(87)66-29(6-3-4-15-55)45(86)71-34(14-17-95-2)50(91)72-35(44(57)85)20-42(81)82/h22-25,29-38H,3-21,55H2,1-2H3,(H2,56,76)(H2,57,85)(H,60,63)(H,61,64)(H,65,75)(H,66,87)(H,67,92)(H,68,88)(H,69,93)(H,70,94)(H,71,86)(H,72,91)(H,73,89)(H,74,90)(H,77,78)(H,79,80)(H,81,82)(H,83,84)(H4,58,59,62)/t29-,30-,31-,32-,33-,34-,35-,36-,37-,38-/m0/s1. The number of hydrogen-bond donors (Lipinski definition) is 21. The van der Waals surface area contributed by atoms with Gasteiger partial charge < -0.3 is 112 Å². The molecule has 2 aromatic heterocycles. The average Bonchev–Trinajstić information content (AvgIpc) is 1.73. The molecule has 40 nitrogen and oxygen atoms in total. The number of unbranched alkanes of at least 4 members (excludes halogenated alkanes) is 1. The number of thioether (sulfide) groups is 1. The second-order valence-electron chi connectivity index (χ2n) is 21.3. The number of nitrogens with two attached hydrogens (primary N) is 5. The largest absolute Gasteiger partial charge is 0.481 e. The summed E-state index contributed by atoms with van der Waals surface area (Å²) < 4.78 is 0. The topological polar surface area (TPSA) is 674 Å². The van der Waals surface area contributed by atoms with Crippen LogP contribution in [0.25, 0.3) is 0 Å². The third kappa shape index (κ3) is 32.6. The highest BCUT2D eigenvalue weighted by atomic mass is 32.2. The molecule has 0 saturated heterocycles. The molecule has 26 N–H and O–H groups in total. The first-order valence-corrected chi connectivity index (χ1v) is 30.9. The van der Waals surface area contributed by atoms with Crippen molar-refractivity contribution in [1.82, 2.24) is 73.1 Å². The molecule has 0 unspecified atom stereocenters. The SMILES string of the molecule is CSCC[C@H](NC(=O)[C@H](CCCCN)NC(=O)[C@H](CCCN=C(N)N)NC(=O)[C@H](Cc1cnc[nH]1)NC(=O)[C@H](CCC(=O)O)NC(=O)[C@H](CCC(N)=O)NC(=O)[C@H](Cc1cnc[nH]1)NC(=O)[C@H](CCC(=O)O)NC(=O)[C@H](CC(=O)O)NC(C)=O)C(=O)N[C@@H](CC(=O)O)C(N)=O.